The quantitative estimate of drug-likeness (QED) is 0.369. The van der Waals surface area contributed by atoms with E-state index < -0.39 is 0 Å². The van der Waals surface area contributed by atoms with E-state index in [1.165, 1.54) is 12.0 Å². The summed E-state index contributed by atoms with van der Waals surface area (Å²) < 4.78 is 10.9. The fraction of sp³-hybridized carbons (Fsp3) is 0.385. The van der Waals surface area contributed by atoms with Crippen LogP contribution >= 0.6 is 0 Å². The van der Waals surface area contributed by atoms with Crippen LogP contribution < -0.4 is 24.2 Å². The van der Waals surface area contributed by atoms with Crippen molar-refractivity contribution in [3.63, 3.8) is 0 Å². The summed E-state index contributed by atoms with van der Waals surface area (Å²) in [5.74, 6) is 2.38. The third kappa shape index (κ3) is 4.82. The van der Waals surface area contributed by atoms with E-state index in [1.54, 1.807) is 0 Å². The number of para-hydroxylation sites is 1. The van der Waals surface area contributed by atoms with E-state index in [1.807, 2.05) is 40.1 Å². The van der Waals surface area contributed by atoms with Gasteiger partial charge in [-0.3, -0.25) is 15.0 Å². The van der Waals surface area contributed by atoms with Gasteiger partial charge in [-0.25, -0.2) is 9.97 Å². The standard InChI is InChI=1S/C26H29N7O4/c34-33(35)24-25(27-18-28-26(24)32-14-12-30(13-15-32)21-4-2-1-3-5-21)31-10-8-29(9-11-31)17-20-6-7-22-23(16-20)37-19-36-22/h1-7,16,18H,8-15,17,19H2. The Labute approximate surface area is 215 Å². The van der Waals surface area contributed by atoms with Gasteiger partial charge >= 0.3 is 5.69 Å². The van der Waals surface area contributed by atoms with Crippen LogP contribution in [0, 0.1) is 10.1 Å². The molecule has 0 spiro atoms. The van der Waals surface area contributed by atoms with Crippen molar-refractivity contribution in [2.24, 2.45) is 0 Å². The maximum absolute atomic E-state index is 12.2. The van der Waals surface area contributed by atoms with E-state index in [2.05, 4.69) is 38.0 Å². The molecule has 11 nitrogen and oxygen atoms in total. The monoisotopic (exact) mass is 503 g/mol. The number of hydrogen-bond acceptors (Lipinski definition) is 10. The molecule has 192 valence electrons. The highest BCUT2D eigenvalue weighted by Gasteiger charge is 2.33. The lowest BCUT2D eigenvalue weighted by Gasteiger charge is -2.37. The van der Waals surface area contributed by atoms with E-state index in [0.29, 0.717) is 37.8 Å². The number of ether oxygens (including phenoxy) is 2. The summed E-state index contributed by atoms with van der Waals surface area (Å²) in [6.07, 6.45) is 1.46. The molecule has 0 bridgehead atoms. The molecule has 6 rings (SSSR count). The van der Waals surface area contributed by atoms with Crippen molar-refractivity contribution in [1.82, 2.24) is 14.9 Å². The fourth-order valence-corrected chi connectivity index (χ4v) is 5.22. The van der Waals surface area contributed by atoms with Crippen LogP contribution in [-0.4, -0.2) is 78.9 Å². The molecule has 0 N–H and O–H groups in total. The van der Waals surface area contributed by atoms with Crippen molar-refractivity contribution in [3.05, 3.63) is 70.5 Å². The van der Waals surface area contributed by atoms with E-state index >= 15 is 0 Å². The number of nitro groups is 1. The molecule has 0 radical (unpaired) electrons. The van der Waals surface area contributed by atoms with E-state index in [-0.39, 0.29) is 17.4 Å². The topological polar surface area (TPSA) is 100 Å². The van der Waals surface area contributed by atoms with Gasteiger partial charge < -0.3 is 24.2 Å². The molecular weight excluding hydrogens is 474 g/mol. The zero-order chi connectivity index (χ0) is 25.2. The first-order valence-corrected chi connectivity index (χ1v) is 12.6. The first-order valence-electron chi connectivity index (χ1n) is 12.6. The number of piperazine rings is 2. The van der Waals surface area contributed by atoms with Gasteiger partial charge in [-0.05, 0) is 29.8 Å². The van der Waals surface area contributed by atoms with E-state index in [0.717, 1.165) is 49.8 Å². The SMILES string of the molecule is O=[N+]([O-])c1c(N2CCN(Cc3ccc4c(c3)OCO4)CC2)ncnc1N1CCN(c2ccccc2)CC1. The van der Waals surface area contributed by atoms with Crippen LogP contribution in [0.25, 0.3) is 0 Å². The molecular formula is C26H29N7O4. The zero-order valence-electron chi connectivity index (χ0n) is 20.5. The van der Waals surface area contributed by atoms with Gasteiger partial charge in [0.25, 0.3) is 0 Å². The molecule has 0 saturated carbocycles. The summed E-state index contributed by atoms with van der Waals surface area (Å²) in [5.41, 5.74) is 2.32. The Kier molecular flexibility index (Phi) is 6.35. The predicted molar refractivity (Wildman–Crippen MR) is 140 cm³/mol. The number of hydrogen-bond donors (Lipinski definition) is 0. The highest BCUT2D eigenvalue weighted by molar-refractivity contribution is 5.72. The van der Waals surface area contributed by atoms with Gasteiger partial charge in [-0.2, -0.15) is 0 Å². The number of aromatic nitrogens is 2. The summed E-state index contributed by atoms with van der Waals surface area (Å²) in [4.78, 5) is 29.3. The van der Waals surface area contributed by atoms with Crippen molar-refractivity contribution in [3.8, 4) is 11.5 Å². The summed E-state index contributed by atoms with van der Waals surface area (Å²) >= 11 is 0. The van der Waals surface area contributed by atoms with Gasteiger partial charge in [0.05, 0.1) is 4.92 Å². The second kappa shape index (κ2) is 10.1. The molecule has 0 atom stereocenters. The molecule has 2 saturated heterocycles. The fourth-order valence-electron chi connectivity index (χ4n) is 5.22. The third-order valence-electron chi connectivity index (χ3n) is 7.18. The molecule has 11 heteroatoms. The zero-order valence-corrected chi connectivity index (χ0v) is 20.5. The minimum atomic E-state index is -0.326. The minimum Gasteiger partial charge on any atom is -0.454 e. The molecule has 4 heterocycles. The van der Waals surface area contributed by atoms with Crippen LogP contribution in [0.3, 0.4) is 0 Å². The summed E-state index contributed by atoms with van der Waals surface area (Å²) in [5, 5.41) is 12.2. The number of benzene rings is 2. The highest BCUT2D eigenvalue weighted by Crippen LogP contribution is 2.36. The molecule has 2 fully saturated rings. The lowest BCUT2D eigenvalue weighted by molar-refractivity contribution is -0.383. The minimum absolute atomic E-state index is 0.000109. The molecule has 1 aromatic heterocycles. The maximum atomic E-state index is 12.2. The normalized spacial score (nSPS) is 17.8. The first-order chi connectivity index (χ1) is 18.2. The number of rotatable bonds is 6. The molecule has 0 amide bonds. The number of nitrogens with zero attached hydrogens (tertiary/aromatic N) is 7. The number of anilines is 3. The van der Waals surface area contributed by atoms with Crippen molar-refractivity contribution >= 4 is 23.0 Å². The van der Waals surface area contributed by atoms with Gasteiger partial charge in [0.1, 0.15) is 6.33 Å². The van der Waals surface area contributed by atoms with Crippen LogP contribution in [-0.2, 0) is 6.54 Å². The molecule has 3 aromatic rings. The predicted octanol–water partition coefficient (Wildman–Crippen LogP) is 2.76. The Bertz CT molecular complexity index is 1260. The Hall–Kier alpha value is -4.12. The van der Waals surface area contributed by atoms with Crippen molar-refractivity contribution in [2.75, 3.05) is 73.9 Å². The van der Waals surface area contributed by atoms with Gasteiger partial charge in [-0.1, -0.05) is 24.3 Å². The molecule has 0 unspecified atom stereocenters. The highest BCUT2D eigenvalue weighted by atomic mass is 16.7. The second-order valence-electron chi connectivity index (χ2n) is 9.39. The van der Waals surface area contributed by atoms with Crippen molar-refractivity contribution < 1.29 is 14.4 Å². The van der Waals surface area contributed by atoms with Gasteiger partial charge in [0, 0.05) is 64.6 Å². The van der Waals surface area contributed by atoms with Crippen molar-refractivity contribution in [1.29, 1.82) is 0 Å². The summed E-state index contributed by atoms with van der Waals surface area (Å²) in [6.45, 7) is 6.80. The van der Waals surface area contributed by atoms with Crippen LogP contribution in [0.4, 0.5) is 23.0 Å². The summed E-state index contributed by atoms with van der Waals surface area (Å²) in [7, 11) is 0. The van der Waals surface area contributed by atoms with Crippen LogP contribution in [0.1, 0.15) is 5.56 Å². The van der Waals surface area contributed by atoms with Crippen LogP contribution in [0.2, 0.25) is 0 Å². The lowest BCUT2D eigenvalue weighted by atomic mass is 10.1. The molecule has 2 aromatic carbocycles. The Balaban J connectivity index is 1.13. The number of fused-ring (bicyclic) bond motifs is 1. The Morgan fingerprint density at radius 3 is 2.08 bits per heavy atom. The van der Waals surface area contributed by atoms with Crippen LogP contribution in [0.15, 0.2) is 54.9 Å². The van der Waals surface area contributed by atoms with Gasteiger partial charge in [-0.15, -0.1) is 0 Å². The largest absolute Gasteiger partial charge is 0.454 e. The molecule has 3 aliphatic rings. The van der Waals surface area contributed by atoms with Crippen molar-refractivity contribution in [2.45, 2.75) is 6.54 Å². The van der Waals surface area contributed by atoms with Gasteiger partial charge in [0.2, 0.25) is 18.4 Å². The maximum Gasteiger partial charge on any atom is 0.353 e. The second-order valence-corrected chi connectivity index (χ2v) is 9.39. The van der Waals surface area contributed by atoms with Crippen LogP contribution in [0.5, 0.6) is 11.5 Å². The van der Waals surface area contributed by atoms with E-state index in [4.69, 9.17) is 9.47 Å². The molecule has 3 aliphatic heterocycles. The first kappa shape index (κ1) is 23.3. The lowest BCUT2D eigenvalue weighted by Crippen LogP contribution is -2.48. The smallest absolute Gasteiger partial charge is 0.353 e. The Morgan fingerprint density at radius 2 is 1.41 bits per heavy atom. The van der Waals surface area contributed by atoms with E-state index in [9.17, 15) is 10.1 Å². The molecule has 0 aliphatic carbocycles. The third-order valence-corrected chi connectivity index (χ3v) is 7.18. The average molecular weight is 504 g/mol. The molecule has 37 heavy (non-hydrogen) atoms. The van der Waals surface area contributed by atoms with Gasteiger partial charge in [0.15, 0.2) is 11.5 Å². The average Bonchev–Trinajstić information content (AvgIpc) is 3.42. The summed E-state index contributed by atoms with van der Waals surface area (Å²) in [6, 6.07) is 16.3. The Morgan fingerprint density at radius 1 is 0.784 bits per heavy atom.